The van der Waals surface area contributed by atoms with Gasteiger partial charge in [-0.05, 0) is 37.3 Å². The van der Waals surface area contributed by atoms with Gasteiger partial charge in [0.25, 0.3) is 0 Å². The fourth-order valence-corrected chi connectivity index (χ4v) is 2.40. The zero-order valence-corrected chi connectivity index (χ0v) is 11.3. The molecule has 0 fully saturated rings. The third-order valence-electron chi connectivity index (χ3n) is 3.45. The van der Waals surface area contributed by atoms with Crippen LogP contribution < -0.4 is 10.5 Å². The molecule has 5 nitrogen and oxygen atoms in total. The number of nitrogens with zero attached hydrogens (tertiary/aromatic N) is 1. The Morgan fingerprint density at radius 3 is 2.76 bits per heavy atom. The van der Waals surface area contributed by atoms with Crippen LogP contribution in [-0.2, 0) is 6.54 Å². The molecule has 0 aliphatic rings. The molecule has 0 spiro atoms. The number of aromatic nitrogens is 1. The first-order valence-electron chi connectivity index (χ1n) is 6.54. The van der Waals surface area contributed by atoms with Crippen LogP contribution in [0.3, 0.4) is 0 Å². The fraction of sp³-hybridized carbons (Fsp3) is 0.125. The molecule has 3 aromatic rings. The molecule has 0 N–H and O–H groups in total. The zero-order chi connectivity index (χ0) is 15.0. The molecule has 21 heavy (non-hydrogen) atoms. The van der Waals surface area contributed by atoms with Gasteiger partial charge in [-0.2, -0.15) is 0 Å². The Bertz CT molecular complexity index is 875. The summed E-state index contributed by atoms with van der Waals surface area (Å²) >= 11 is 0. The minimum absolute atomic E-state index is 0.332. The Labute approximate surface area is 120 Å². The number of furan rings is 1. The summed E-state index contributed by atoms with van der Waals surface area (Å²) in [5, 5.41) is 11.4. The number of carboxylic acid groups (broad SMARTS) is 1. The van der Waals surface area contributed by atoms with Gasteiger partial charge in [0, 0.05) is 23.7 Å². The number of hydrogen-bond acceptors (Lipinski definition) is 4. The predicted octanol–water partition coefficient (Wildman–Crippen LogP) is 1.64. The molecule has 0 saturated heterocycles. The second kappa shape index (κ2) is 4.94. The summed E-state index contributed by atoms with van der Waals surface area (Å²) in [6.45, 7) is 2.43. The maximum atomic E-state index is 12.3. The van der Waals surface area contributed by atoms with Gasteiger partial charge >= 0.3 is 0 Å². The number of carbonyl (C=O) groups is 1. The summed E-state index contributed by atoms with van der Waals surface area (Å²) in [6.07, 6.45) is 2.87. The number of aromatic carboxylic acids is 1. The topological polar surface area (TPSA) is 75.3 Å². The first-order chi connectivity index (χ1) is 10.1. The number of hydrogen-bond donors (Lipinski definition) is 0. The molecule has 2 aromatic heterocycles. The highest BCUT2D eigenvalue weighted by atomic mass is 16.4. The molecular formula is C16H12NO4-. The molecule has 0 aliphatic carbocycles. The number of fused-ring (bicyclic) bond motifs is 1. The SMILES string of the molecule is CCn1cc(C(=O)[O-])c(=O)c2cc(-c3ccco3)ccc21. The van der Waals surface area contributed by atoms with Gasteiger partial charge < -0.3 is 18.9 Å². The molecule has 0 saturated carbocycles. The summed E-state index contributed by atoms with van der Waals surface area (Å²) in [7, 11) is 0. The van der Waals surface area contributed by atoms with Crippen molar-refractivity contribution >= 4 is 16.9 Å². The maximum absolute atomic E-state index is 12.3. The summed E-state index contributed by atoms with van der Waals surface area (Å²) in [6, 6.07) is 8.81. The largest absolute Gasteiger partial charge is 0.545 e. The summed E-state index contributed by atoms with van der Waals surface area (Å²) in [4.78, 5) is 23.4. The summed E-state index contributed by atoms with van der Waals surface area (Å²) < 4.78 is 7.02. The maximum Gasteiger partial charge on any atom is 0.198 e. The molecular weight excluding hydrogens is 270 g/mol. The van der Waals surface area contributed by atoms with Gasteiger partial charge in [0.1, 0.15) is 5.76 Å². The van der Waals surface area contributed by atoms with Gasteiger partial charge in [0.15, 0.2) is 5.43 Å². The van der Waals surface area contributed by atoms with Crippen LogP contribution in [-0.4, -0.2) is 10.5 Å². The zero-order valence-electron chi connectivity index (χ0n) is 11.3. The molecule has 0 atom stereocenters. The van der Waals surface area contributed by atoms with Crippen LogP contribution in [0, 0.1) is 0 Å². The lowest BCUT2D eigenvalue weighted by Gasteiger charge is -2.12. The Hall–Kier alpha value is -2.82. The van der Waals surface area contributed by atoms with E-state index in [1.54, 1.807) is 35.1 Å². The number of benzene rings is 1. The van der Waals surface area contributed by atoms with Crippen LogP contribution in [0.15, 0.2) is 52.0 Å². The van der Waals surface area contributed by atoms with Crippen molar-refractivity contribution in [2.75, 3.05) is 0 Å². The van der Waals surface area contributed by atoms with Gasteiger partial charge in [-0.15, -0.1) is 0 Å². The van der Waals surface area contributed by atoms with E-state index in [0.29, 0.717) is 23.2 Å². The van der Waals surface area contributed by atoms with E-state index in [-0.39, 0.29) is 5.56 Å². The molecule has 0 bridgehead atoms. The van der Waals surface area contributed by atoms with Crippen LogP contribution >= 0.6 is 0 Å². The average Bonchev–Trinajstić information content (AvgIpc) is 3.01. The number of aryl methyl sites for hydroxylation is 1. The molecule has 1 aromatic carbocycles. The highest BCUT2D eigenvalue weighted by molar-refractivity contribution is 5.92. The van der Waals surface area contributed by atoms with Gasteiger partial charge in [-0.25, -0.2) is 0 Å². The molecule has 0 radical (unpaired) electrons. The molecule has 0 unspecified atom stereocenters. The molecule has 3 rings (SSSR count). The number of rotatable bonds is 3. The van der Waals surface area contributed by atoms with E-state index in [4.69, 9.17) is 4.42 Å². The van der Waals surface area contributed by atoms with E-state index in [1.807, 2.05) is 13.0 Å². The molecule has 0 aliphatic heterocycles. The van der Waals surface area contributed by atoms with Crippen LogP contribution in [0.5, 0.6) is 0 Å². The molecule has 0 amide bonds. The van der Waals surface area contributed by atoms with Crippen molar-refractivity contribution in [3.8, 4) is 11.3 Å². The lowest BCUT2D eigenvalue weighted by Crippen LogP contribution is -2.30. The Kier molecular flexibility index (Phi) is 3.10. The van der Waals surface area contributed by atoms with Gasteiger partial charge in [-0.1, -0.05) is 0 Å². The molecule has 2 heterocycles. The van der Waals surface area contributed by atoms with Crippen molar-refractivity contribution < 1.29 is 14.3 Å². The highest BCUT2D eigenvalue weighted by Crippen LogP contribution is 2.23. The minimum atomic E-state index is -1.47. The summed E-state index contributed by atoms with van der Waals surface area (Å²) in [5.41, 5.74) is 0.537. The third kappa shape index (κ3) is 2.12. The Morgan fingerprint density at radius 2 is 2.14 bits per heavy atom. The van der Waals surface area contributed by atoms with Gasteiger partial charge in [0.05, 0.1) is 23.3 Å². The van der Waals surface area contributed by atoms with Crippen molar-refractivity contribution in [3.63, 3.8) is 0 Å². The molecule has 106 valence electrons. The molecule has 5 heteroatoms. The fourth-order valence-electron chi connectivity index (χ4n) is 2.40. The average molecular weight is 282 g/mol. The van der Waals surface area contributed by atoms with E-state index in [2.05, 4.69) is 0 Å². The van der Waals surface area contributed by atoms with Crippen molar-refractivity contribution in [3.05, 3.63) is 58.6 Å². The first-order valence-corrected chi connectivity index (χ1v) is 6.54. The Balaban J connectivity index is 2.36. The van der Waals surface area contributed by atoms with Crippen molar-refractivity contribution in [2.45, 2.75) is 13.5 Å². The highest BCUT2D eigenvalue weighted by Gasteiger charge is 2.11. The van der Waals surface area contributed by atoms with E-state index >= 15 is 0 Å². The third-order valence-corrected chi connectivity index (χ3v) is 3.45. The summed E-state index contributed by atoms with van der Waals surface area (Å²) in [5.74, 6) is -0.842. The quantitative estimate of drug-likeness (QED) is 0.732. The van der Waals surface area contributed by atoms with Crippen molar-refractivity contribution in [1.82, 2.24) is 4.57 Å². The smallest absolute Gasteiger partial charge is 0.198 e. The minimum Gasteiger partial charge on any atom is -0.545 e. The monoisotopic (exact) mass is 282 g/mol. The normalized spacial score (nSPS) is 10.9. The van der Waals surface area contributed by atoms with E-state index in [1.165, 1.54) is 6.20 Å². The Morgan fingerprint density at radius 1 is 1.33 bits per heavy atom. The van der Waals surface area contributed by atoms with Gasteiger partial charge in [-0.3, -0.25) is 4.79 Å². The van der Waals surface area contributed by atoms with E-state index in [9.17, 15) is 14.7 Å². The van der Waals surface area contributed by atoms with Crippen LogP contribution in [0.25, 0.3) is 22.2 Å². The van der Waals surface area contributed by atoms with Gasteiger partial charge in [0.2, 0.25) is 0 Å². The second-order valence-electron chi connectivity index (χ2n) is 4.65. The van der Waals surface area contributed by atoms with Crippen LogP contribution in [0.4, 0.5) is 0 Å². The lowest BCUT2D eigenvalue weighted by atomic mass is 10.1. The number of carbonyl (C=O) groups excluding carboxylic acids is 1. The van der Waals surface area contributed by atoms with Crippen LogP contribution in [0.2, 0.25) is 0 Å². The van der Waals surface area contributed by atoms with Crippen molar-refractivity contribution in [1.29, 1.82) is 0 Å². The standard InChI is InChI=1S/C16H13NO4/c1-2-17-9-12(16(19)20)15(18)11-8-10(5-6-13(11)17)14-4-3-7-21-14/h3-9H,2H2,1H3,(H,19,20)/p-1. The first kappa shape index (κ1) is 13.2. The second-order valence-corrected chi connectivity index (χ2v) is 4.65. The van der Waals surface area contributed by atoms with E-state index < -0.39 is 11.4 Å². The lowest BCUT2D eigenvalue weighted by molar-refractivity contribution is -0.255. The predicted molar refractivity (Wildman–Crippen MR) is 75.9 cm³/mol. The van der Waals surface area contributed by atoms with E-state index in [0.717, 1.165) is 5.56 Å². The number of pyridine rings is 1. The van der Waals surface area contributed by atoms with Crippen molar-refractivity contribution in [2.24, 2.45) is 0 Å². The van der Waals surface area contributed by atoms with Crippen LogP contribution in [0.1, 0.15) is 17.3 Å². The number of carboxylic acids is 1.